The summed E-state index contributed by atoms with van der Waals surface area (Å²) < 4.78 is 0. The zero-order valence-corrected chi connectivity index (χ0v) is 6.79. The number of rotatable bonds is 2. The summed E-state index contributed by atoms with van der Waals surface area (Å²) in [6.45, 7) is 4.95. The molecule has 0 unspecified atom stereocenters. The Morgan fingerprint density at radius 1 is 1.60 bits per heavy atom. The summed E-state index contributed by atoms with van der Waals surface area (Å²) >= 11 is 0. The summed E-state index contributed by atoms with van der Waals surface area (Å²) in [6, 6.07) is 0. The van der Waals surface area contributed by atoms with E-state index in [4.69, 9.17) is 15.0 Å². The SMILES string of the molecule is CC(=O)O.CCC[C@@H](C)O. The Morgan fingerprint density at radius 3 is 1.90 bits per heavy atom. The van der Waals surface area contributed by atoms with E-state index in [-0.39, 0.29) is 6.10 Å². The second kappa shape index (κ2) is 8.43. The van der Waals surface area contributed by atoms with Crippen molar-refractivity contribution in [3.8, 4) is 0 Å². The summed E-state index contributed by atoms with van der Waals surface area (Å²) in [5.41, 5.74) is 0. The van der Waals surface area contributed by atoms with Gasteiger partial charge in [-0.15, -0.1) is 0 Å². The molecule has 62 valence electrons. The van der Waals surface area contributed by atoms with Crippen LogP contribution in [0.5, 0.6) is 0 Å². The fourth-order valence-corrected chi connectivity index (χ4v) is 0.418. The van der Waals surface area contributed by atoms with Crippen molar-refractivity contribution in [1.29, 1.82) is 0 Å². The molecule has 0 rings (SSSR count). The highest BCUT2D eigenvalue weighted by atomic mass is 16.4. The van der Waals surface area contributed by atoms with E-state index in [0.717, 1.165) is 19.8 Å². The monoisotopic (exact) mass is 148 g/mol. The summed E-state index contributed by atoms with van der Waals surface area (Å²) in [7, 11) is 0. The smallest absolute Gasteiger partial charge is 0.300 e. The van der Waals surface area contributed by atoms with E-state index in [1.165, 1.54) is 0 Å². The molecule has 0 heterocycles. The summed E-state index contributed by atoms with van der Waals surface area (Å²) in [5, 5.41) is 16.0. The van der Waals surface area contributed by atoms with Gasteiger partial charge in [0.25, 0.3) is 5.97 Å². The Hall–Kier alpha value is -0.570. The van der Waals surface area contributed by atoms with Crippen molar-refractivity contribution in [2.24, 2.45) is 0 Å². The number of carboxylic acids is 1. The quantitative estimate of drug-likeness (QED) is 0.619. The van der Waals surface area contributed by atoms with E-state index >= 15 is 0 Å². The maximum atomic E-state index is 9.00. The molecule has 0 radical (unpaired) electrons. The molecule has 0 aromatic carbocycles. The molecule has 0 aliphatic rings. The fraction of sp³-hybridized carbons (Fsp3) is 0.857. The lowest BCUT2D eigenvalue weighted by Crippen LogP contribution is -1.95. The number of aliphatic hydroxyl groups is 1. The Labute approximate surface area is 61.7 Å². The van der Waals surface area contributed by atoms with Gasteiger partial charge in [0, 0.05) is 6.92 Å². The Kier molecular flexibility index (Phi) is 10.2. The Morgan fingerprint density at radius 2 is 1.90 bits per heavy atom. The van der Waals surface area contributed by atoms with Gasteiger partial charge in [0.05, 0.1) is 6.10 Å². The van der Waals surface area contributed by atoms with Gasteiger partial charge in [-0.2, -0.15) is 0 Å². The lowest BCUT2D eigenvalue weighted by molar-refractivity contribution is -0.134. The van der Waals surface area contributed by atoms with Gasteiger partial charge in [-0.05, 0) is 13.3 Å². The lowest BCUT2D eigenvalue weighted by Gasteiger charge is -1.95. The van der Waals surface area contributed by atoms with E-state index in [9.17, 15) is 0 Å². The number of hydrogen-bond donors (Lipinski definition) is 2. The minimum absolute atomic E-state index is 0.102. The topological polar surface area (TPSA) is 57.5 Å². The first-order valence-corrected chi connectivity index (χ1v) is 3.38. The zero-order chi connectivity index (χ0) is 8.57. The van der Waals surface area contributed by atoms with Crippen molar-refractivity contribution in [1.82, 2.24) is 0 Å². The van der Waals surface area contributed by atoms with Crippen LogP contribution in [0.1, 0.15) is 33.6 Å². The average molecular weight is 148 g/mol. The van der Waals surface area contributed by atoms with E-state index in [2.05, 4.69) is 6.92 Å². The van der Waals surface area contributed by atoms with Crippen molar-refractivity contribution >= 4 is 5.97 Å². The largest absolute Gasteiger partial charge is 0.481 e. The molecule has 3 heteroatoms. The predicted molar refractivity (Wildman–Crippen MR) is 39.9 cm³/mol. The number of aliphatic hydroxyl groups excluding tert-OH is 1. The van der Waals surface area contributed by atoms with E-state index in [1.807, 2.05) is 6.92 Å². The van der Waals surface area contributed by atoms with Crippen molar-refractivity contribution in [2.75, 3.05) is 0 Å². The average Bonchev–Trinajstić information content (AvgIpc) is 1.62. The molecule has 0 saturated carbocycles. The molecule has 0 amide bonds. The second-order valence-corrected chi connectivity index (χ2v) is 2.16. The number of carboxylic acid groups (broad SMARTS) is 1. The highest BCUT2D eigenvalue weighted by Crippen LogP contribution is 1.91. The van der Waals surface area contributed by atoms with Gasteiger partial charge in [-0.25, -0.2) is 0 Å². The van der Waals surface area contributed by atoms with Crippen LogP contribution in [0.25, 0.3) is 0 Å². The van der Waals surface area contributed by atoms with Crippen LogP contribution in [0.15, 0.2) is 0 Å². The van der Waals surface area contributed by atoms with Crippen molar-refractivity contribution in [3.05, 3.63) is 0 Å². The molecule has 2 N–H and O–H groups in total. The minimum Gasteiger partial charge on any atom is -0.481 e. The highest BCUT2D eigenvalue weighted by Gasteiger charge is 1.87. The van der Waals surface area contributed by atoms with E-state index in [1.54, 1.807) is 0 Å². The molecule has 10 heavy (non-hydrogen) atoms. The summed E-state index contributed by atoms with van der Waals surface area (Å²) in [6.07, 6.45) is 1.91. The van der Waals surface area contributed by atoms with Gasteiger partial charge in [0.1, 0.15) is 0 Å². The third-order valence-corrected chi connectivity index (χ3v) is 0.706. The molecule has 1 atom stereocenters. The van der Waals surface area contributed by atoms with Crippen LogP contribution in [0.2, 0.25) is 0 Å². The van der Waals surface area contributed by atoms with Gasteiger partial charge >= 0.3 is 0 Å². The van der Waals surface area contributed by atoms with Gasteiger partial charge in [-0.1, -0.05) is 13.3 Å². The maximum Gasteiger partial charge on any atom is 0.300 e. The first-order valence-electron chi connectivity index (χ1n) is 3.38. The van der Waals surface area contributed by atoms with Gasteiger partial charge in [0.2, 0.25) is 0 Å². The molecule has 0 saturated heterocycles. The molecular formula is C7H16O3. The van der Waals surface area contributed by atoms with Crippen LogP contribution in [0.4, 0.5) is 0 Å². The molecule has 3 nitrogen and oxygen atoms in total. The third kappa shape index (κ3) is 52.0. The van der Waals surface area contributed by atoms with E-state index in [0.29, 0.717) is 0 Å². The van der Waals surface area contributed by atoms with Crippen LogP contribution >= 0.6 is 0 Å². The molecule has 0 aliphatic carbocycles. The summed E-state index contributed by atoms with van der Waals surface area (Å²) in [5.74, 6) is -0.833. The van der Waals surface area contributed by atoms with Gasteiger partial charge in [0.15, 0.2) is 0 Å². The third-order valence-electron chi connectivity index (χ3n) is 0.706. The fourth-order valence-electron chi connectivity index (χ4n) is 0.418. The first-order chi connectivity index (χ1) is 4.50. The van der Waals surface area contributed by atoms with E-state index < -0.39 is 5.97 Å². The van der Waals surface area contributed by atoms with Crippen LogP contribution in [-0.2, 0) is 4.79 Å². The molecule has 0 bridgehead atoms. The van der Waals surface area contributed by atoms with Crippen LogP contribution in [-0.4, -0.2) is 22.3 Å². The van der Waals surface area contributed by atoms with Gasteiger partial charge in [-0.3, -0.25) is 4.79 Å². The highest BCUT2D eigenvalue weighted by molar-refractivity contribution is 5.62. The lowest BCUT2D eigenvalue weighted by atomic mass is 10.2. The van der Waals surface area contributed by atoms with Crippen molar-refractivity contribution < 1.29 is 15.0 Å². The minimum atomic E-state index is -0.833. The Bertz CT molecular complexity index is 74.9. The maximum absolute atomic E-state index is 9.00. The van der Waals surface area contributed by atoms with Gasteiger partial charge < -0.3 is 10.2 Å². The molecular weight excluding hydrogens is 132 g/mol. The van der Waals surface area contributed by atoms with Crippen LogP contribution in [0.3, 0.4) is 0 Å². The molecule has 0 fully saturated rings. The zero-order valence-electron chi connectivity index (χ0n) is 6.79. The second-order valence-electron chi connectivity index (χ2n) is 2.16. The van der Waals surface area contributed by atoms with Crippen molar-refractivity contribution in [2.45, 2.75) is 39.7 Å². The molecule has 0 spiro atoms. The Balaban J connectivity index is 0. The number of carbonyl (C=O) groups is 1. The van der Waals surface area contributed by atoms with Crippen LogP contribution in [0, 0.1) is 0 Å². The van der Waals surface area contributed by atoms with Crippen molar-refractivity contribution in [3.63, 3.8) is 0 Å². The number of hydrogen-bond acceptors (Lipinski definition) is 2. The standard InChI is InChI=1S/C5H12O.C2H4O2/c1-3-4-5(2)6;1-2(3)4/h5-6H,3-4H2,1-2H3;1H3,(H,3,4)/t5-;/m1./s1. The number of aliphatic carboxylic acids is 1. The summed E-state index contributed by atoms with van der Waals surface area (Å²) in [4.78, 5) is 9.00. The molecule has 0 aromatic rings. The predicted octanol–water partition coefficient (Wildman–Crippen LogP) is 1.26. The molecule has 0 aliphatic heterocycles. The first kappa shape index (κ1) is 12.1. The van der Waals surface area contributed by atoms with Crippen LogP contribution < -0.4 is 0 Å². The molecule has 0 aromatic heterocycles. The normalized spacial score (nSPS) is 11.2.